The molecule has 2 heteroatoms. The molecule has 0 amide bonds. The van der Waals surface area contributed by atoms with Crippen LogP contribution < -0.4 is 5.32 Å². The smallest absolute Gasteiger partial charge is 0.0125 e. The topological polar surface area (TPSA) is 15.3 Å². The highest BCUT2D eigenvalue weighted by Gasteiger charge is 2.33. The third kappa shape index (κ3) is 4.52. The van der Waals surface area contributed by atoms with Gasteiger partial charge >= 0.3 is 0 Å². The van der Waals surface area contributed by atoms with E-state index in [4.69, 9.17) is 0 Å². The van der Waals surface area contributed by atoms with Gasteiger partial charge in [0.05, 0.1) is 0 Å². The molecular weight excluding hydrogens is 184 g/mol. The molecule has 0 aromatic carbocycles. The molecule has 1 fully saturated rings. The van der Waals surface area contributed by atoms with Crippen LogP contribution >= 0.6 is 0 Å². The van der Waals surface area contributed by atoms with Gasteiger partial charge in [-0.3, -0.25) is 4.90 Å². The Kier molecular flexibility index (Phi) is 3.83. The van der Waals surface area contributed by atoms with Gasteiger partial charge in [-0.2, -0.15) is 0 Å². The summed E-state index contributed by atoms with van der Waals surface area (Å²) >= 11 is 0. The number of rotatable bonds is 3. The Hall–Kier alpha value is -0.0800. The quantitative estimate of drug-likeness (QED) is 0.773. The molecule has 0 atom stereocenters. The molecule has 0 unspecified atom stereocenters. The minimum absolute atomic E-state index is 0.271. The van der Waals surface area contributed by atoms with Crippen LogP contribution in [0.5, 0.6) is 0 Å². The Morgan fingerprint density at radius 3 is 2.00 bits per heavy atom. The summed E-state index contributed by atoms with van der Waals surface area (Å²) in [5.41, 5.74) is 0.640. The van der Waals surface area contributed by atoms with Crippen molar-refractivity contribution in [2.24, 2.45) is 5.92 Å². The maximum absolute atomic E-state index is 3.56. The summed E-state index contributed by atoms with van der Waals surface area (Å²) in [5, 5.41) is 3.56. The molecule has 90 valence electrons. The molecule has 0 aromatic heterocycles. The van der Waals surface area contributed by atoms with Gasteiger partial charge in [-0.15, -0.1) is 0 Å². The highest BCUT2D eigenvalue weighted by Crippen LogP contribution is 2.26. The number of nitrogens with one attached hydrogen (secondary N) is 1. The Balaban J connectivity index is 2.09. The van der Waals surface area contributed by atoms with Crippen molar-refractivity contribution in [1.29, 1.82) is 0 Å². The Morgan fingerprint density at radius 1 is 1.07 bits per heavy atom. The lowest BCUT2D eigenvalue weighted by atomic mass is 9.90. The maximum atomic E-state index is 3.56. The molecule has 1 saturated heterocycles. The zero-order valence-corrected chi connectivity index (χ0v) is 11.4. The fourth-order valence-corrected chi connectivity index (χ4v) is 1.95. The minimum atomic E-state index is 0.271. The Bertz CT molecular complexity index is 192. The zero-order chi connectivity index (χ0) is 11.7. The van der Waals surface area contributed by atoms with Crippen LogP contribution in [-0.2, 0) is 0 Å². The normalized spacial score (nSPS) is 20.4. The van der Waals surface area contributed by atoms with Crippen molar-refractivity contribution in [2.45, 2.75) is 59.0 Å². The molecule has 0 aliphatic carbocycles. The molecule has 1 aliphatic heterocycles. The van der Waals surface area contributed by atoms with Crippen molar-refractivity contribution in [3.05, 3.63) is 0 Å². The van der Waals surface area contributed by atoms with Gasteiger partial charge in [0.1, 0.15) is 0 Å². The molecule has 1 aliphatic rings. The first-order valence-electron chi connectivity index (χ1n) is 6.18. The molecule has 0 spiro atoms. The van der Waals surface area contributed by atoms with Crippen molar-refractivity contribution < 1.29 is 0 Å². The van der Waals surface area contributed by atoms with Crippen LogP contribution in [0.4, 0.5) is 0 Å². The molecule has 1 N–H and O–H groups in total. The first-order valence-corrected chi connectivity index (χ1v) is 6.18. The predicted molar refractivity (Wildman–Crippen MR) is 67.2 cm³/mol. The lowest BCUT2D eigenvalue weighted by Crippen LogP contribution is -2.56. The van der Waals surface area contributed by atoms with Crippen molar-refractivity contribution in [1.82, 2.24) is 10.2 Å². The van der Waals surface area contributed by atoms with E-state index in [0.717, 1.165) is 12.5 Å². The second kappa shape index (κ2) is 4.42. The molecule has 2 nitrogen and oxygen atoms in total. The fourth-order valence-electron chi connectivity index (χ4n) is 1.95. The highest BCUT2D eigenvalue weighted by molar-refractivity contribution is 4.89. The van der Waals surface area contributed by atoms with E-state index in [9.17, 15) is 0 Å². The first-order chi connectivity index (χ1) is 6.68. The predicted octanol–water partition coefficient (Wildman–Crippen LogP) is 2.49. The molecule has 0 bridgehead atoms. The van der Waals surface area contributed by atoms with Gasteiger partial charge < -0.3 is 5.32 Å². The number of likely N-dealkylation sites (tertiary alicyclic amines) is 1. The van der Waals surface area contributed by atoms with Crippen LogP contribution in [-0.4, -0.2) is 35.6 Å². The average Bonchev–Trinajstić information content (AvgIpc) is 1.88. The SMILES string of the molecule is CC(C)(C)NCCC1CN(C(C)(C)C)C1. The van der Waals surface area contributed by atoms with Crippen molar-refractivity contribution in [3.8, 4) is 0 Å². The van der Waals surface area contributed by atoms with Crippen LogP contribution in [0.2, 0.25) is 0 Å². The van der Waals surface area contributed by atoms with Gasteiger partial charge in [-0.05, 0) is 60.4 Å². The van der Waals surface area contributed by atoms with Crippen LogP contribution in [0.3, 0.4) is 0 Å². The first kappa shape index (κ1) is 13.0. The van der Waals surface area contributed by atoms with Gasteiger partial charge in [0.25, 0.3) is 0 Å². The van der Waals surface area contributed by atoms with E-state index in [1.54, 1.807) is 0 Å². The zero-order valence-electron chi connectivity index (χ0n) is 11.4. The lowest BCUT2D eigenvalue weighted by Gasteiger charge is -2.48. The number of nitrogens with zero attached hydrogens (tertiary/aromatic N) is 1. The van der Waals surface area contributed by atoms with E-state index in [-0.39, 0.29) is 5.54 Å². The second-order valence-corrected chi connectivity index (χ2v) is 6.91. The summed E-state index contributed by atoms with van der Waals surface area (Å²) in [6.07, 6.45) is 1.32. The average molecular weight is 212 g/mol. The fraction of sp³-hybridized carbons (Fsp3) is 1.00. The van der Waals surface area contributed by atoms with Crippen molar-refractivity contribution in [3.63, 3.8) is 0 Å². The molecular formula is C13H28N2. The van der Waals surface area contributed by atoms with E-state index < -0.39 is 0 Å². The standard InChI is InChI=1S/C13H28N2/c1-12(2,3)14-8-7-11-9-15(10-11)13(4,5)6/h11,14H,7-10H2,1-6H3. The van der Waals surface area contributed by atoms with E-state index in [2.05, 4.69) is 51.8 Å². The Morgan fingerprint density at radius 2 is 1.60 bits per heavy atom. The third-order valence-electron chi connectivity index (χ3n) is 3.11. The summed E-state index contributed by atoms with van der Waals surface area (Å²) in [6.45, 7) is 17.3. The maximum Gasteiger partial charge on any atom is 0.0125 e. The summed E-state index contributed by atoms with van der Waals surface area (Å²) in [6, 6.07) is 0. The van der Waals surface area contributed by atoms with Crippen molar-refractivity contribution in [2.75, 3.05) is 19.6 Å². The van der Waals surface area contributed by atoms with Crippen molar-refractivity contribution >= 4 is 0 Å². The molecule has 0 radical (unpaired) electrons. The Labute approximate surface area is 95.4 Å². The second-order valence-electron chi connectivity index (χ2n) is 6.91. The van der Waals surface area contributed by atoms with Crippen LogP contribution in [0.15, 0.2) is 0 Å². The summed E-state index contributed by atoms with van der Waals surface area (Å²) < 4.78 is 0. The summed E-state index contributed by atoms with van der Waals surface area (Å²) in [7, 11) is 0. The van der Waals surface area contributed by atoms with E-state index in [1.165, 1.54) is 19.5 Å². The largest absolute Gasteiger partial charge is 0.312 e. The number of hydrogen-bond donors (Lipinski definition) is 1. The van der Waals surface area contributed by atoms with Crippen LogP contribution in [0.1, 0.15) is 48.0 Å². The summed E-state index contributed by atoms with van der Waals surface area (Å²) in [5.74, 6) is 0.916. The van der Waals surface area contributed by atoms with E-state index in [0.29, 0.717) is 5.54 Å². The minimum Gasteiger partial charge on any atom is -0.312 e. The third-order valence-corrected chi connectivity index (χ3v) is 3.11. The van der Waals surface area contributed by atoms with E-state index in [1.807, 2.05) is 0 Å². The van der Waals surface area contributed by atoms with Crippen LogP contribution in [0, 0.1) is 5.92 Å². The summed E-state index contributed by atoms with van der Waals surface area (Å²) in [4.78, 5) is 2.56. The van der Waals surface area contributed by atoms with Gasteiger partial charge in [-0.1, -0.05) is 0 Å². The molecule has 1 rings (SSSR count). The monoisotopic (exact) mass is 212 g/mol. The number of hydrogen-bond acceptors (Lipinski definition) is 2. The van der Waals surface area contributed by atoms with Crippen LogP contribution in [0.25, 0.3) is 0 Å². The molecule has 15 heavy (non-hydrogen) atoms. The van der Waals surface area contributed by atoms with Gasteiger partial charge in [0.15, 0.2) is 0 Å². The molecule has 0 saturated carbocycles. The van der Waals surface area contributed by atoms with Gasteiger partial charge in [0, 0.05) is 24.2 Å². The highest BCUT2D eigenvalue weighted by atomic mass is 15.2. The van der Waals surface area contributed by atoms with Gasteiger partial charge in [0.2, 0.25) is 0 Å². The lowest BCUT2D eigenvalue weighted by molar-refractivity contribution is 0.0102. The van der Waals surface area contributed by atoms with Gasteiger partial charge in [-0.25, -0.2) is 0 Å². The van der Waals surface area contributed by atoms with E-state index >= 15 is 0 Å². The molecule has 0 aromatic rings. The molecule has 1 heterocycles.